The van der Waals surface area contributed by atoms with Crippen LogP contribution in [0.25, 0.3) is 0 Å². The first-order valence-corrected chi connectivity index (χ1v) is 7.82. The maximum absolute atomic E-state index is 6.48. The van der Waals surface area contributed by atoms with Crippen LogP contribution in [-0.2, 0) is 11.2 Å². The lowest BCUT2D eigenvalue weighted by Gasteiger charge is -2.35. The lowest BCUT2D eigenvalue weighted by molar-refractivity contribution is -0.0266. The molecule has 1 nitrogen and oxygen atoms in total. The molecule has 0 N–H and O–H groups in total. The molecule has 1 atom stereocenters. The fourth-order valence-corrected chi connectivity index (χ4v) is 3.80. The van der Waals surface area contributed by atoms with Gasteiger partial charge in [-0.25, -0.2) is 0 Å². The molecule has 1 aliphatic carbocycles. The van der Waals surface area contributed by atoms with E-state index in [1.165, 1.54) is 22.6 Å². The molecule has 1 aliphatic rings. The van der Waals surface area contributed by atoms with Crippen molar-refractivity contribution >= 4 is 22.9 Å². The molecule has 0 aliphatic heterocycles. The molecule has 0 radical (unpaired) electrons. The highest BCUT2D eigenvalue weighted by Crippen LogP contribution is 2.41. The quantitative estimate of drug-likeness (QED) is 0.676. The van der Waals surface area contributed by atoms with Crippen LogP contribution in [0.1, 0.15) is 48.2 Å². The Morgan fingerprint density at radius 3 is 2.76 bits per heavy atom. The molecule has 3 heteroatoms. The Kier molecular flexibility index (Phi) is 4.89. The van der Waals surface area contributed by atoms with E-state index in [-0.39, 0.29) is 5.38 Å². The Hall–Kier alpha value is -0.0500. The monoisotopic (exact) mass is 272 g/mol. The number of thiophene rings is 1. The van der Waals surface area contributed by atoms with Gasteiger partial charge in [-0.05, 0) is 50.7 Å². The minimum atomic E-state index is 0.202. The number of hydrogen-bond donors (Lipinski definition) is 0. The van der Waals surface area contributed by atoms with E-state index in [2.05, 4.69) is 26.0 Å². The average molecular weight is 273 g/mol. The third-order valence-corrected chi connectivity index (χ3v) is 5.36. The van der Waals surface area contributed by atoms with Crippen LogP contribution in [0.5, 0.6) is 0 Å². The Balaban J connectivity index is 1.76. The third kappa shape index (κ3) is 3.46. The van der Waals surface area contributed by atoms with Crippen molar-refractivity contribution in [2.45, 2.75) is 51.0 Å². The summed E-state index contributed by atoms with van der Waals surface area (Å²) in [4.78, 5) is 2.77. The van der Waals surface area contributed by atoms with Gasteiger partial charge in [0.1, 0.15) is 0 Å². The summed E-state index contributed by atoms with van der Waals surface area (Å²) in [7, 11) is 0. The van der Waals surface area contributed by atoms with Crippen LogP contribution >= 0.6 is 22.9 Å². The van der Waals surface area contributed by atoms with Crippen LogP contribution in [0.2, 0.25) is 0 Å². The fraction of sp³-hybridized carbons (Fsp3) is 0.714. The molecular formula is C14H21ClOS. The van der Waals surface area contributed by atoms with E-state index in [0.29, 0.717) is 6.10 Å². The molecule has 1 saturated carbocycles. The standard InChI is InChI=1S/C14H21ClOS/c1-3-12-5-6-14(17-12)13(15)9-10-7-11(8-10)16-4-2/h5-6,10-11,13H,3-4,7-9H2,1-2H3. The molecule has 1 aromatic heterocycles. The second-order valence-electron chi connectivity index (χ2n) is 4.78. The minimum absolute atomic E-state index is 0.202. The van der Waals surface area contributed by atoms with Gasteiger partial charge < -0.3 is 4.74 Å². The molecule has 1 fully saturated rings. The first-order valence-electron chi connectivity index (χ1n) is 6.57. The molecule has 1 heterocycles. The maximum atomic E-state index is 6.48. The molecule has 0 amide bonds. The van der Waals surface area contributed by atoms with Gasteiger partial charge in [0.05, 0.1) is 11.5 Å². The summed E-state index contributed by atoms with van der Waals surface area (Å²) in [5.41, 5.74) is 0. The van der Waals surface area contributed by atoms with Crippen molar-refractivity contribution in [1.82, 2.24) is 0 Å². The Bertz CT molecular complexity index is 344. The molecule has 1 unspecified atom stereocenters. The topological polar surface area (TPSA) is 9.23 Å². The summed E-state index contributed by atoms with van der Waals surface area (Å²) >= 11 is 8.34. The number of alkyl halides is 1. The van der Waals surface area contributed by atoms with E-state index in [0.717, 1.165) is 25.4 Å². The second kappa shape index (κ2) is 6.21. The van der Waals surface area contributed by atoms with E-state index >= 15 is 0 Å². The third-order valence-electron chi connectivity index (χ3n) is 3.47. The summed E-state index contributed by atoms with van der Waals surface area (Å²) < 4.78 is 5.58. The minimum Gasteiger partial charge on any atom is -0.378 e. The number of aryl methyl sites for hydroxylation is 1. The predicted octanol–water partition coefficient (Wildman–Crippen LogP) is 4.80. The van der Waals surface area contributed by atoms with E-state index in [4.69, 9.17) is 16.3 Å². The van der Waals surface area contributed by atoms with Gasteiger partial charge in [0.15, 0.2) is 0 Å². The molecule has 0 saturated heterocycles. The smallest absolute Gasteiger partial charge is 0.0681 e. The van der Waals surface area contributed by atoms with Crippen LogP contribution in [0, 0.1) is 5.92 Å². The summed E-state index contributed by atoms with van der Waals surface area (Å²) in [6, 6.07) is 4.40. The lowest BCUT2D eigenvalue weighted by atomic mass is 9.79. The van der Waals surface area contributed by atoms with Gasteiger partial charge in [0.25, 0.3) is 0 Å². The van der Waals surface area contributed by atoms with E-state index < -0.39 is 0 Å². The van der Waals surface area contributed by atoms with Crippen molar-refractivity contribution < 1.29 is 4.74 Å². The summed E-state index contributed by atoms with van der Waals surface area (Å²) in [6.45, 7) is 5.10. The van der Waals surface area contributed by atoms with E-state index in [9.17, 15) is 0 Å². The molecule has 96 valence electrons. The van der Waals surface area contributed by atoms with Crippen LogP contribution < -0.4 is 0 Å². The van der Waals surface area contributed by atoms with Gasteiger partial charge in [-0.2, -0.15) is 0 Å². The van der Waals surface area contributed by atoms with Crippen molar-refractivity contribution in [3.8, 4) is 0 Å². The number of halogens is 1. The molecule has 2 rings (SSSR count). The summed E-state index contributed by atoms with van der Waals surface area (Å²) in [6.07, 6.45) is 5.12. The van der Waals surface area contributed by atoms with Crippen molar-refractivity contribution in [2.24, 2.45) is 5.92 Å². The first-order chi connectivity index (χ1) is 8.22. The molecule has 1 aromatic rings. The zero-order valence-electron chi connectivity index (χ0n) is 10.6. The van der Waals surface area contributed by atoms with Gasteiger partial charge in [-0.1, -0.05) is 6.92 Å². The largest absolute Gasteiger partial charge is 0.378 e. The van der Waals surface area contributed by atoms with Gasteiger partial charge in [0, 0.05) is 16.4 Å². The van der Waals surface area contributed by atoms with Crippen LogP contribution in [0.15, 0.2) is 12.1 Å². The molecular weight excluding hydrogens is 252 g/mol. The van der Waals surface area contributed by atoms with E-state index in [1.807, 2.05) is 11.3 Å². The average Bonchev–Trinajstić information content (AvgIpc) is 2.74. The lowest BCUT2D eigenvalue weighted by Crippen LogP contribution is -2.31. The Morgan fingerprint density at radius 1 is 1.41 bits per heavy atom. The Morgan fingerprint density at radius 2 is 2.18 bits per heavy atom. The maximum Gasteiger partial charge on any atom is 0.0681 e. The normalized spacial score (nSPS) is 25.6. The molecule has 0 spiro atoms. The zero-order valence-corrected chi connectivity index (χ0v) is 12.2. The van der Waals surface area contributed by atoms with Gasteiger partial charge in [-0.3, -0.25) is 0 Å². The first kappa shape index (κ1) is 13.4. The van der Waals surface area contributed by atoms with Crippen LogP contribution in [-0.4, -0.2) is 12.7 Å². The fourth-order valence-electron chi connectivity index (χ4n) is 2.40. The van der Waals surface area contributed by atoms with Crippen LogP contribution in [0.4, 0.5) is 0 Å². The number of ether oxygens (including phenoxy) is 1. The highest BCUT2D eigenvalue weighted by molar-refractivity contribution is 7.12. The Labute approximate surface area is 113 Å². The van der Waals surface area contributed by atoms with Crippen molar-refractivity contribution in [2.75, 3.05) is 6.61 Å². The number of hydrogen-bond acceptors (Lipinski definition) is 2. The van der Waals surface area contributed by atoms with E-state index in [1.54, 1.807) is 0 Å². The van der Waals surface area contributed by atoms with Gasteiger partial charge >= 0.3 is 0 Å². The summed E-state index contributed by atoms with van der Waals surface area (Å²) in [5.74, 6) is 0.765. The van der Waals surface area contributed by atoms with Crippen molar-refractivity contribution in [3.05, 3.63) is 21.9 Å². The molecule has 0 bridgehead atoms. The second-order valence-corrected chi connectivity index (χ2v) is 6.50. The van der Waals surface area contributed by atoms with Crippen molar-refractivity contribution in [1.29, 1.82) is 0 Å². The SMILES string of the molecule is CCOC1CC(CC(Cl)c2ccc(CC)s2)C1. The number of rotatable bonds is 6. The highest BCUT2D eigenvalue weighted by Gasteiger charge is 2.31. The summed E-state index contributed by atoms with van der Waals surface area (Å²) in [5, 5.41) is 0.202. The zero-order chi connectivity index (χ0) is 12.3. The molecule has 0 aromatic carbocycles. The highest BCUT2D eigenvalue weighted by atomic mass is 35.5. The predicted molar refractivity (Wildman–Crippen MR) is 75.0 cm³/mol. The van der Waals surface area contributed by atoms with Crippen LogP contribution in [0.3, 0.4) is 0 Å². The van der Waals surface area contributed by atoms with Gasteiger partial charge in [0.2, 0.25) is 0 Å². The van der Waals surface area contributed by atoms with Crippen molar-refractivity contribution in [3.63, 3.8) is 0 Å². The van der Waals surface area contributed by atoms with Gasteiger partial charge in [-0.15, -0.1) is 22.9 Å². The molecule has 17 heavy (non-hydrogen) atoms.